The average molecular weight is 373 g/mol. The lowest BCUT2D eigenvalue weighted by Gasteiger charge is -2.30. The van der Waals surface area contributed by atoms with Crippen molar-refractivity contribution in [2.45, 2.75) is 13.3 Å². The van der Waals surface area contributed by atoms with Gasteiger partial charge in [0.25, 0.3) is 0 Å². The van der Waals surface area contributed by atoms with Crippen molar-refractivity contribution in [1.29, 1.82) is 0 Å². The number of ketones is 1. The third-order valence-corrected chi connectivity index (χ3v) is 4.72. The molecule has 0 saturated carbocycles. The van der Waals surface area contributed by atoms with Gasteiger partial charge in [0, 0.05) is 31.8 Å². The maximum absolute atomic E-state index is 11.2. The number of allylic oxidation sites excluding steroid dienone is 2. The molecule has 1 saturated heterocycles. The first-order chi connectivity index (χ1) is 11.6. The molecule has 0 aromatic rings. The number of Topliss-reactive ketones (excluding diaryl/α,β-unsaturated/α-hetero) is 1. The van der Waals surface area contributed by atoms with E-state index in [0.717, 1.165) is 13.1 Å². The summed E-state index contributed by atoms with van der Waals surface area (Å²) in [5, 5.41) is 2.39. The fourth-order valence-electron chi connectivity index (χ4n) is 1.86. The van der Waals surface area contributed by atoms with Gasteiger partial charge < -0.3 is 15.0 Å². The molecule has 9 heteroatoms. The second kappa shape index (κ2) is 11.7. The number of amides is 1. The number of carbonyl (C=O) groups excluding carboxylic acids is 3. The lowest BCUT2D eigenvalue weighted by Crippen LogP contribution is -2.46. The zero-order valence-corrected chi connectivity index (χ0v) is 15.8. The Morgan fingerprint density at radius 3 is 2.20 bits per heavy atom. The monoisotopic (exact) mass is 373 g/mol. The van der Waals surface area contributed by atoms with Crippen molar-refractivity contribution in [2.75, 3.05) is 46.0 Å². The summed E-state index contributed by atoms with van der Waals surface area (Å²) < 4.78 is 23.5. The predicted octanol–water partition coefficient (Wildman–Crippen LogP) is -0.414. The van der Waals surface area contributed by atoms with Gasteiger partial charge in [0.15, 0.2) is 5.78 Å². The number of sulfonamides is 1. The van der Waals surface area contributed by atoms with E-state index >= 15 is 0 Å². The summed E-state index contributed by atoms with van der Waals surface area (Å²) in [6, 6.07) is 0. The van der Waals surface area contributed by atoms with Gasteiger partial charge in [-0.2, -0.15) is 4.31 Å². The number of likely N-dealkylation sites (N-methyl/N-ethyl adjacent to an activating group) is 1. The first-order valence-electron chi connectivity index (χ1n) is 7.78. The Morgan fingerprint density at radius 2 is 1.76 bits per heavy atom. The lowest BCUT2D eigenvalue weighted by molar-refractivity contribution is -0.125. The van der Waals surface area contributed by atoms with Crippen LogP contribution in [0.2, 0.25) is 0 Å². The summed E-state index contributed by atoms with van der Waals surface area (Å²) in [5.41, 5.74) is 0.471. The van der Waals surface area contributed by atoms with Crippen LogP contribution in [-0.4, -0.2) is 81.6 Å². The lowest BCUT2D eigenvalue weighted by atomic mass is 10.2. The highest BCUT2D eigenvalue weighted by molar-refractivity contribution is 7.88. The average Bonchev–Trinajstić information content (AvgIpc) is 2.53. The van der Waals surface area contributed by atoms with Crippen LogP contribution in [-0.2, 0) is 24.4 Å². The van der Waals surface area contributed by atoms with Crippen LogP contribution in [0.1, 0.15) is 13.3 Å². The molecule has 0 bridgehead atoms. The molecule has 1 N–H and O–H groups in total. The molecule has 25 heavy (non-hydrogen) atoms. The molecule has 0 aromatic carbocycles. The number of rotatable bonds is 7. The molecule has 1 aliphatic heterocycles. The zero-order valence-electron chi connectivity index (χ0n) is 15.0. The Bertz CT molecular complexity index is 605. The second-order valence-corrected chi connectivity index (χ2v) is 7.63. The van der Waals surface area contributed by atoms with E-state index in [0.29, 0.717) is 24.9 Å². The van der Waals surface area contributed by atoms with E-state index in [1.165, 1.54) is 16.6 Å². The number of carbonyl (C=O) groups is 3. The van der Waals surface area contributed by atoms with E-state index in [1.807, 2.05) is 7.05 Å². The third kappa shape index (κ3) is 10.6. The first kappa shape index (κ1) is 23.2. The van der Waals surface area contributed by atoms with Crippen molar-refractivity contribution in [3.63, 3.8) is 0 Å². The van der Waals surface area contributed by atoms with Crippen LogP contribution in [0.3, 0.4) is 0 Å². The summed E-state index contributed by atoms with van der Waals surface area (Å²) in [5.74, 6) is -0.635. The number of hydrogen-bond acceptors (Lipinski definition) is 6. The van der Waals surface area contributed by atoms with Crippen LogP contribution < -0.4 is 5.32 Å². The van der Waals surface area contributed by atoms with Crippen molar-refractivity contribution in [3.05, 3.63) is 24.3 Å². The van der Waals surface area contributed by atoms with Gasteiger partial charge in [-0.15, -0.1) is 0 Å². The Labute approximate surface area is 149 Å². The predicted molar refractivity (Wildman–Crippen MR) is 96.6 cm³/mol. The van der Waals surface area contributed by atoms with Gasteiger partial charge in [-0.1, -0.05) is 18.7 Å². The topological polar surface area (TPSA) is 104 Å². The zero-order chi connectivity index (χ0) is 19.5. The van der Waals surface area contributed by atoms with Crippen molar-refractivity contribution < 1.29 is 22.8 Å². The minimum atomic E-state index is -2.94. The van der Waals surface area contributed by atoms with Gasteiger partial charge in [0.1, 0.15) is 6.29 Å². The fourth-order valence-corrected chi connectivity index (χ4v) is 2.68. The van der Waals surface area contributed by atoms with Crippen molar-refractivity contribution in [2.24, 2.45) is 0 Å². The molecule has 1 aliphatic rings. The minimum Gasteiger partial charge on any atom is -0.345 e. The molecule has 1 amide bonds. The Hall–Kier alpha value is -1.84. The first-order valence-corrected chi connectivity index (χ1v) is 9.63. The number of nitrogens with zero attached hydrogens (tertiary/aromatic N) is 2. The van der Waals surface area contributed by atoms with E-state index in [1.54, 1.807) is 13.0 Å². The summed E-state index contributed by atoms with van der Waals surface area (Å²) in [6.45, 7) is 7.89. The van der Waals surface area contributed by atoms with Crippen LogP contribution in [0.5, 0.6) is 0 Å². The molecule has 8 nitrogen and oxygen atoms in total. The Kier molecular flexibility index (Phi) is 10.8. The van der Waals surface area contributed by atoms with Gasteiger partial charge >= 0.3 is 0 Å². The summed E-state index contributed by atoms with van der Waals surface area (Å²) in [7, 11) is -0.943. The van der Waals surface area contributed by atoms with E-state index in [9.17, 15) is 22.8 Å². The molecular weight excluding hydrogens is 346 g/mol. The molecular formula is C16H27N3O5S. The molecule has 0 spiro atoms. The largest absolute Gasteiger partial charge is 0.345 e. The maximum atomic E-state index is 11.2. The molecule has 0 aliphatic carbocycles. The molecule has 0 radical (unpaired) electrons. The smallest absolute Gasteiger partial charge is 0.247 e. The van der Waals surface area contributed by atoms with Gasteiger partial charge in [-0.3, -0.25) is 9.59 Å². The highest BCUT2D eigenvalue weighted by atomic mass is 32.2. The SMILES string of the molecule is C=C/C=C(\C)C(=O)NCC(=O)CC=O.CN1CCN(S(C)(=O)=O)CC1. The van der Waals surface area contributed by atoms with E-state index in [-0.39, 0.29) is 24.7 Å². The summed E-state index contributed by atoms with van der Waals surface area (Å²) in [4.78, 5) is 34.1. The van der Waals surface area contributed by atoms with Gasteiger partial charge in [0.2, 0.25) is 15.9 Å². The van der Waals surface area contributed by atoms with Crippen LogP contribution >= 0.6 is 0 Å². The van der Waals surface area contributed by atoms with E-state index < -0.39 is 10.0 Å². The molecule has 0 aromatic heterocycles. The third-order valence-electron chi connectivity index (χ3n) is 3.41. The van der Waals surface area contributed by atoms with Gasteiger partial charge in [-0.05, 0) is 14.0 Å². The highest BCUT2D eigenvalue weighted by Crippen LogP contribution is 2.03. The quantitative estimate of drug-likeness (QED) is 0.281. The van der Waals surface area contributed by atoms with Crippen LogP contribution in [0, 0.1) is 0 Å². The number of nitrogens with one attached hydrogen (secondary N) is 1. The molecule has 0 unspecified atom stereocenters. The minimum absolute atomic E-state index is 0.111. The molecule has 1 fully saturated rings. The molecule has 1 rings (SSSR count). The molecule has 0 atom stereocenters. The maximum Gasteiger partial charge on any atom is 0.247 e. The Balaban J connectivity index is 0.000000472. The summed E-state index contributed by atoms with van der Waals surface area (Å²) >= 11 is 0. The van der Waals surface area contributed by atoms with Crippen LogP contribution in [0.25, 0.3) is 0 Å². The van der Waals surface area contributed by atoms with Crippen LogP contribution in [0.4, 0.5) is 0 Å². The van der Waals surface area contributed by atoms with Crippen molar-refractivity contribution in [3.8, 4) is 0 Å². The second-order valence-electron chi connectivity index (χ2n) is 5.64. The van der Waals surface area contributed by atoms with E-state index in [4.69, 9.17) is 0 Å². The van der Waals surface area contributed by atoms with Gasteiger partial charge in [0.05, 0.1) is 19.2 Å². The summed E-state index contributed by atoms with van der Waals surface area (Å²) in [6.07, 6.45) is 4.64. The standard InChI is InChI=1S/C10H13NO3.C6H14N2O2S/c1-3-4-8(2)10(14)11-7-9(13)5-6-12;1-7-3-5-8(6-4-7)11(2,9)10/h3-4,6H,1,5,7H2,2H3,(H,11,14);3-6H2,1-2H3/b8-4+;. The Morgan fingerprint density at radius 1 is 1.20 bits per heavy atom. The molecule has 142 valence electrons. The fraction of sp³-hybridized carbons (Fsp3) is 0.562. The number of piperazine rings is 1. The number of hydrogen-bond donors (Lipinski definition) is 1. The van der Waals surface area contributed by atoms with Crippen molar-refractivity contribution in [1.82, 2.24) is 14.5 Å². The molecule has 1 heterocycles. The number of aldehydes is 1. The normalized spacial score (nSPS) is 16.4. The van der Waals surface area contributed by atoms with E-state index in [2.05, 4.69) is 16.8 Å². The van der Waals surface area contributed by atoms with Crippen LogP contribution in [0.15, 0.2) is 24.3 Å². The van der Waals surface area contributed by atoms with Gasteiger partial charge in [-0.25, -0.2) is 8.42 Å². The highest BCUT2D eigenvalue weighted by Gasteiger charge is 2.20. The van der Waals surface area contributed by atoms with Crippen molar-refractivity contribution >= 4 is 28.0 Å².